The van der Waals surface area contributed by atoms with Crippen LogP contribution in [-0.4, -0.2) is 21.0 Å². The van der Waals surface area contributed by atoms with Crippen molar-refractivity contribution in [2.24, 2.45) is 13.0 Å². The molecule has 0 aliphatic carbocycles. The number of hydrogen-bond donors (Lipinski definition) is 1. The Bertz CT molecular complexity index is 349. The van der Waals surface area contributed by atoms with E-state index in [1.807, 2.05) is 14.0 Å². The van der Waals surface area contributed by atoms with Crippen molar-refractivity contribution in [3.05, 3.63) is 16.4 Å². The predicted molar refractivity (Wildman–Crippen MR) is 66.7 cm³/mol. The maximum atomic E-state index is 9.96. The second-order valence-electron chi connectivity index (χ2n) is 4.58. The summed E-state index contributed by atoms with van der Waals surface area (Å²) in [6.45, 7) is 6.17. The molecule has 0 aromatic carbocycles. The number of nitrogens with zero attached hydrogens (tertiary/aromatic N) is 2. The van der Waals surface area contributed by atoms with E-state index in [0.29, 0.717) is 17.4 Å². The van der Waals surface area contributed by atoms with Gasteiger partial charge < -0.3 is 5.11 Å². The lowest BCUT2D eigenvalue weighted by atomic mass is 9.98. The van der Waals surface area contributed by atoms with E-state index in [9.17, 15) is 5.11 Å². The van der Waals surface area contributed by atoms with Crippen LogP contribution in [-0.2, 0) is 13.5 Å². The van der Waals surface area contributed by atoms with Crippen molar-refractivity contribution in [3.63, 3.8) is 0 Å². The monoisotopic (exact) mass is 244 g/mol. The second kappa shape index (κ2) is 5.69. The summed E-state index contributed by atoms with van der Waals surface area (Å²) in [7, 11) is 1.87. The molecule has 16 heavy (non-hydrogen) atoms. The van der Waals surface area contributed by atoms with Crippen LogP contribution in [0, 0.1) is 12.8 Å². The molecule has 0 amide bonds. The fraction of sp³-hybridized carbons (Fsp3) is 0.750. The molecule has 0 saturated carbocycles. The van der Waals surface area contributed by atoms with Crippen molar-refractivity contribution in [3.8, 4) is 0 Å². The number of aliphatic hydroxyl groups excluding tert-OH is 1. The van der Waals surface area contributed by atoms with E-state index in [0.717, 1.165) is 24.2 Å². The van der Waals surface area contributed by atoms with E-state index in [1.165, 1.54) is 0 Å². The summed E-state index contributed by atoms with van der Waals surface area (Å²) >= 11 is 6.13. The maximum Gasteiger partial charge on any atom is 0.0847 e. The molecule has 0 bridgehead atoms. The Balaban J connectivity index is 2.65. The van der Waals surface area contributed by atoms with Gasteiger partial charge in [0.15, 0.2) is 0 Å². The number of hydrogen-bond acceptors (Lipinski definition) is 2. The minimum absolute atomic E-state index is 0.331. The quantitative estimate of drug-likeness (QED) is 0.865. The fourth-order valence-corrected chi connectivity index (χ4v) is 2.08. The predicted octanol–water partition coefficient (Wildman–Crippen LogP) is 2.72. The molecule has 2 unspecified atom stereocenters. The molecule has 0 radical (unpaired) electrons. The van der Waals surface area contributed by atoms with Crippen molar-refractivity contribution in [2.75, 3.05) is 0 Å². The third kappa shape index (κ3) is 3.22. The van der Waals surface area contributed by atoms with Crippen LogP contribution in [0.5, 0.6) is 0 Å². The van der Waals surface area contributed by atoms with E-state index >= 15 is 0 Å². The van der Waals surface area contributed by atoms with E-state index in [2.05, 4.69) is 18.9 Å². The van der Waals surface area contributed by atoms with E-state index < -0.39 is 0 Å². The molecule has 1 aromatic rings. The van der Waals surface area contributed by atoms with Crippen LogP contribution in [0.3, 0.4) is 0 Å². The normalized spacial score (nSPS) is 15.1. The molecule has 0 spiro atoms. The Kier molecular flexibility index (Phi) is 4.81. The molecule has 4 heteroatoms. The van der Waals surface area contributed by atoms with Gasteiger partial charge in [-0.05, 0) is 19.3 Å². The highest BCUT2D eigenvalue weighted by Crippen LogP contribution is 2.22. The molecule has 1 heterocycles. The molecule has 3 nitrogen and oxygen atoms in total. The largest absolute Gasteiger partial charge is 0.393 e. The highest BCUT2D eigenvalue weighted by molar-refractivity contribution is 6.31. The lowest BCUT2D eigenvalue weighted by Crippen LogP contribution is -2.16. The maximum absolute atomic E-state index is 9.96. The van der Waals surface area contributed by atoms with Crippen molar-refractivity contribution >= 4 is 11.6 Å². The SMILES string of the molecule is CCC(C)CC(O)Cc1c(Cl)c(C)nn1C. The molecule has 2 atom stereocenters. The molecule has 1 rings (SSSR count). The van der Waals surface area contributed by atoms with Crippen LogP contribution in [0.4, 0.5) is 0 Å². The number of aryl methyl sites for hydroxylation is 2. The molecular formula is C12H21ClN2O. The Morgan fingerprint density at radius 1 is 1.50 bits per heavy atom. The fourth-order valence-electron chi connectivity index (χ4n) is 1.84. The number of rotatable bonds is 5. The average Bonchev–Trinajstić information content (AvgIpc) is 2.45. The smallest absolute Gasteiger partial charge is 0.0847 e. The van der Waals surface area contributed by atoms with E-state index in [4.69, 9.17) is 11.6 Å². The van der Waals surface area contributed by atoms with Crippen LogP contribution in [0.15, 0.2) is 0 Å². The van der Waals surface area contributed by atoms with Crippen LogP contribution >= 0.6 is 11.6 Å². The van der Waals surface area contributed by atoms with Crippen molar-refractivity contribution in [1.82, 2.24) is 9.78 Å². The minimum atomic E-state index is -0.331. The third-order valence-corrected chi connectivity index (χ3v) is 3.55. The molecule has 0 aliphatic heterocycles. The first kappa shape index (κ1) is 13.5. The van der Waals surface area contributed by atoms with Crippen LogP contribution < -0.4 is 0 Å². The first-order chi connectivity index (χ1) is 7.45. The van der Waals surface area contributed by atoms with Gasteiger partial charge in [-0.2, -0.15) is 5.10 Å². The summed E-state index contributed by atoms with van der Waals surface area (Å²) in [5.74, 6) is 0.545. The zero-order valence-corrected chi connectivity index (χ0v) is 11.3. The Morgan fingerprint density at radius 3 is 2.56 bits per heavy atom. The van der Waals surface area contributed by atoms with Crippen LogP contribution in [0.2, 0.25) is 5.02 Å². The zero-order valence-electron chi connectivity index (χ0n) is 10.5. The molecule has 0 saturated heterocycles. The lowest BCUT2D eigenvalue weighted by molar-refractivity contribution is 0.142. The van der Waals surface area contributed by atoms with Gasteiger partial charge in [0.05, 0.1) is 22.5 Å². The first-order valence-corrected chi connectivity index (χ1v) is 6.19. The van der Waals surface area contributed by atoms with Gasteiger partial charge in [0, 0.05) is 13.5 Å². The standard InChI is InChI=1S/C12H21ClN2O/c1-5-8(2)6-10(16)7-11-12(13)9(3)14-15(11)4/h8,10,16H,5-7H2,1-4H3. The van der Waals surface area contributed by atoms with Crippen molar-refractivity contribution in [2.45, 2.75) is 46.1 Å². The van der Waals surface area contributed by atoms with E-state index in [1.54, 1.807) is 4.68 Å². The first-order valence-electron chi connectivity index (χ1n) is 5.81. The topological polar surface area (TPSA) is 38.1 Å². The Hall–Kier alpha value is -0.540. The van der Waals surface area contributed by atoms with Gasteiger partial charge in [0.25, 0.3) is 0 Å². The third-order valence-electron chi connectivity index (χ3n) is 3.06. The lowest BCUT2D eigenvalue weighted by Gasteiger charge is -2.15. The Morgan fingerprint density at radius 2 is 2.12 bits per heavy atom. The van der Waals surface area contributed by atoms with Gasteiger partial charge in [0.2, 0.25) is 0 Å². The van der Waals surface area contributed by atoms with Gasteiger partial charge in [-0.15, -0.1) is 0 Å². The highest BCUT2D eigenvalue weighted by Gasteiger charge is 2.16. The van der Waals surface area contributed by atoms with Gasteiger partial charge in [0.1, 0.15) is 0 Å². The molecule has 0 fully saturated rings. The highest BCUT2D eigenvalue weighted by atomic mass is 35.5. The average molecular weight is 245 g/mol. The van der Waals surface area contributed by atoms with Gasteiger partial charge in [-0.25, -0.2) is 0 Å². The summed E-state index contributed by atoms with van der Waals surface area (Å²) in [5, 5.41) is 14.9. The summed E-state index contributed by atoms with van der Waals surface area (Å²) in [6.07, 6.45) is 2.16. The molecule has 1 N–H and O–H groups in total. The minimum Gasteiger partial charge on any atom is -0.393 e. The van der Waals surface area contributed by atoms with E-state index in [-0.39, 0.29) is 6.10 Å². The van der Waals surface area contributed by atoms with Crippen LogP contribution in [0.25, 0.3) is 0 Å². The zero-order chi connectivity index (χ0) is 12.3. The summed E-state index contributed by atoms with van der Waals surface area (Å²) < 4.78 is 1.76. The second-order valence-corrected chi connectivity index (χ2v) is 4.95. The number of aliphatic hydroxyl groups is 1. The van der Waals surface area contributed by atoms with Crippen LogP contribution in [0.1, 0.15) is 38.1 Å². The molecule has 92 valence electrons. The summed E-state index contributed by atoms with van der Waals surface area (Å²) in [4.78, 5) is 0. The van der Waals surface area contributed by atoms with Crippen molar-refractivity contribution in [1.29, 1.82) is 0 Å². The number of aromatic nitrogens is 2. The Labute approximate surface area is 102 Å². The number of halogens is 1. The molecular weight excluding hydrogens is 224 g/mol. The molecule has 0 aliphatic rings. The van der Waals surface area contributed by atoms with Crippen molar-refractivity contribution < 1.29 is 5.11 Å². The summed E-state index contributed by atoms with van der Waals surface area (Å²) in [5.41, 5.74) is 1.75. The van der Waals surface area contributed by atoms with Gasteiger partial charge >= 0.3 is 0 Å². The summed E-state index contributed by atoms with van der Waals surface area (Å²) in [6, 6.07) is 0. The van der Waals surface area contributed by atoms with Gasteiger partial charge in [-0.1, -0.05) is 31.9 Å². The molecule has 1 aromatic heterocycles. The van der Waals surface area contributed by atoms with Gasteiger partial charge in [-0.3, -0.25) is 4.68 Å².